The summed E-state index contributed by atoms with van der Waals surface area (Å²) in [6, 6.07) is 3.21. The summed E-state index contributed by atoms with van der Waals surface area (Å²) in [4.78, 5) is 24.3. The monoisotopic (exact) mass is 341 g/mol. The summed E-state index contributed by atoms with van der Waals surface area (Å²) in [5.74, 6) is -0.232. The van der Waals surface area contributed by atoms with Crippen molar-refractivity contribution >= 4 is 21.4 Å². The Hall–Kier alpha value is -2.00. The van der Waals surface area contributed by atoms with Crippen LogP contribution in [-0.4, -0.2) is 49.5 Å². The number of hydrogen-bond donors (Lipinski definition) is 1. The van der Waals surface area contributed by atoms with E-state index >= 15 is 0 Å². The van der Waals surface area contributed by atoms with E-state index in [9.17, 15) is 23.3 Å². The van der Waals surface area contributed by atoms with E-state index in [-0.39, 0.29) is 22.4 Å². The first-order valence-electron chi connectivity index (χ1n) is 7.14. The first-order valence-corrected chi connectivity index (χ1v) is 9.03. The Bertz CT molecular complexity index is 747. The Balaban J connectivity index is 2.44. The Kier molecular flexibility index (Phi) is 4.71. The smallest absolute Gasteiger partial charge is 0.271 e. The van der Waals surface area contributed by atoms with Crippen molar-refractivity contribution in [2.24, 2.45) is 11.7 Å². The van der Waals surface area contributed by atoms with Crippen LogP contribution in [0.3, 0.4) is 0 Å². The van der Waals surface area contributed by atoms with Crippen molar-refractivity contribution in [2.45, 2.75) is 24.3 Å². The van der Waals surface area contributed by atoms with Crippen LogP contribution in [0.2, 0.25) is 0 Å². The number of carbonyl (C=O) groups is 1. The average Bonchev–Trinajstić information content (AvgIpc) is 2.86. The lowest BCUT2D eigenvalue weighted by Gasteiger charge is -2.21. The molecular weight excluding hydrogens is 322 g/mol. The van der Waals surface area contributed by atoms with Crippen LogP contribution in [0, 0.1) is 16.0 Å². The van der Waals surface area contributed by atoms with Crippen molar-refractivity contribution in [3.63, 3.8) is 0 Å². The predicted octanol–water partition coefficient (Wildman–Crippen LogP) is 0.808. The Labute approximate surface area is 134 Å². The highest BCUT2D eigenvalue weighted by Crippen LogP contribution is 2.27. The molecule has 1 saturated heterocycles. The molecule has 0 bridgehead atoms. The molecule has 2 atom stereocenters. The van der Waals surface area contributed by atoms with E-state index in [0.29, 0.717) is 13.1 Å². The van der Waals surface area contributed by atoms with Gasteiger partial charge in [0.1, 0.15) is 0 Å². The third kappa shape index (κ3) is 3.67. The molecule has 2 unspecified atom stereocenters. The minimum absolute atomic E-state index is 0.00384. The predicted molar refractivity (Wildman–Crippen MR) is 83.9 cm³/mol. The minimum Gasteiger partial charge on any atom is -0.336 e. The highest BCUT2D eigenvalue weighted by Gasteiger charge is 2.33. The third-order valence-corrected chi connectivity index (χ3v) is 5.12. The molecule has 8 nitrogen and oxygen atoms in total. The summed E-state index contributed by atoms with van der Waals surface area (Å²) in [6.07, 6.45) is 1.71. The summed E-state index contributed by atoms with van der Waals surface area (Å²) in [6.45, 7) is 2.80. The molecule has 1 aliphatic rings. The number of sulfone groups is 1. The van der Waals surface area contributed by atoms with Crippen LogP contribution in [-0.2, 0) is 9.84 Å². The molecule has 9 heteroatoms. The van der Waals surface area contributed by atoms with Crippen LogP contribution in [0.15, 0.2) is 23.1 Å². The van der Waals surface area contributed by atoms with Gasteiger partial charge in [0.2, 0.25) is 0 Å². The fourth-order valence-corrected chi connectivity index (χ4v) is 3.46. The number of nitro groups is 1. The van der Waals surface area contributed by atoms with Crippen molar-refractivity contribution in [3.8, 4) is 0 Å². The molecule has 1 fully saturated rings. The van der Waals surface area contributed by atoms with Crippen LogP contribution in [0.5, 0.6) is 0 Å². The molecule has 1 amide bonds. The van der Waals surface area contributed by atoms with Crippen molar-refractivity contribution in [2.75, 3.05) is 19.3 Å². The van der Waals surface area contributed by atoms with E-state index in [4.69, 9.17) is 5.73 Å². The van der Waals surface area contributed by atoms with Gasteiger partial charge in [-0.25, -0.2) is 8.42 Å². The van der Waals surface area contributed by atoms with Crippen LogP contribution in [0.25, 0.3) is 0 Å². The first-order chi connectivity index (χ1) is 10.6. The lowest BCUT2D eigenvalue weighted by atomic mass is 10.1. The molecule has 0 spiro atoms. The maximum atomic E-state index is 12.6. The molecule has 0 radical (unpaired) electrons. The van der Waals surface area contributed by atoms with E-state index in [2.05, 4.69) is 0 Å². The molecule has 0 aliphatic carbocycles. The number of likely N-dealkylation sites (tertiary alicyclic amines) is 1. The number of hydrogen-bond acceptors (Lipinski definition) is 6. The highest BCUT2D eigenvalue weighted by molar-refractivity contribution is 7.90. The number of amides is 1. The molecule has 0 aromatic heterocycles. The molecule has 0 saturated carbocycles. The maximum absolute atomic E-state index is 12.6. The number of nitrogens with two attached hydrogens (primary N) is 1. The first kappa shape index (κ1) is 17.4. The number of nitrogens with zero attached hydrogens (tertiary/aromatic N) is 2. The molecule has 126 valence electrons. The average molecular weight is 341 g/mol. The van der Waals surface area contributed by atoms with Crippen LogP contribution >= 0.6 is 0 Å². The fraction of sp³-hybridized carbons (Fsp3) is 0.500. The molecule has 1 heterocycles. The van der Waals surface area contributed by atoms with Gasteiger partial charge in [-0.15, -0.1) is 0 Å². The molecule has 1 aromatic rings. The molecule has 2 rings (SSSR count). The highest BCUT2D eigenvalue weighted by atomic mass is 32.2. The second kappa shape index (κ2) is 6.25. The second-order valence-electron chi connectivity index (χ2n) is 5.89. The Morgan fingerprint density at radius 1 is 1.43 bits per heavy atom. The fourth-order valence-electron chi connectivity index (χ4n) is 2.79. The van der Waals surface area contributed by atoms with Crippen molar-refractivity contribution in [1.82, 2.24) is 4.90 Å². The third-order valence-electron chi connectivity index (χ3n) is 4.03. The molecule has 2 N–H and O–H groups in total. The van der Waals surface area contributed by atoms with Crippen LogP contribution < -0.4 is 5.73 Å². The summed E-state index contributed by atoms with van der Waals surface area (Å²) in [5, 5.41) is 11.0. The summed E-state index contributed by atoms with van der Waals surface area (Å²) in [5.41, 5.74) is 5.22. The van der Waals surface area contributed by atoms with Gasteiger partial charge in [0, 0.05) is 36.5 Å². The number of carbonyl (C=O) groups excluding carboxylic acids is 1. The van der Waals surface area contributed by atoms with Gasteiger partial charge in [-0.05, 0) is 31.9 Å². The van der Waals surface area contributed by atoms with Gasteiger partial charge >= 0.3 is 0 Å². The van der Waals surface area contributed by atoms with E-state index in [1.807, 2.05) is 6.92 Å². The lowest BCUT2D eigenvalue weighted by molar-refractivity contribution is -0.385. The van der Waals surface area contributed by atoms with Crippen molar-refractivity contribution in [1.29, 1.82) is 0 Å². The number of non-ortho nitro benzene ring substituents is 1. The minimum atomic E-state index is -3.66. The van der Waals surface area contributed by atoms with Gasteiger partial charge in [0.25, 0.3) is 11.6 Å². The van der Waals surface area contributed by atoms with E-state index < -0.39 is 26.4 Å². The topological polar surface area (TPSA) is 124 Å². The van der Waals surface area contributed by atoms with Gasteiger partial charge in [0.15, 0.2) is 9.84 Å². The van der Waals surface area contributed by atoms with Gasteiger partial charge in [-0.3, -0.25) is 14.9 Å². The van der Waals surface area contributed by atoms with Crippen molar-refractivity contribution < 1.29 is 18.1 Å². The molecule has 1 aliphatic heterocycles. The normalized spacial score (nSPS) is 21.4. The Morgan fingerprint density at radius 2 is 2.09 bits per heavy atom. The summed E-state index contributed by atoms with van der Waals surface area (Å²) in [7, 11) is -3.66. The lowest BCUT2D eigenvalue weighted by Crippen LogP contribution is -2.34. The van der Waals surface area contributed by atoms with E-state index in [1.165, 1.54) is 6.07 Å². The SMILES string of the molecule is CC1CC(CN)CN1C(=O)c1cc([N+](=O)[O-])cc(S(C)(=O)=O)c1. The molecular formula is C14H19N3O5S. The van der Waals surface area contributed by atoms with Gasteiger partial charge in [0.05, 0.1) is 9.82 Å². The van der Waals surface area contributed by atoms with Crippen LogP contribution in [0.1, 0.15) is 23.7 Å². The molecule has 1 aromatic carbocycles. The second-order valence-corrected chi connectivity index (χ2v) is 7.90. The van der Waals surface area contributed by atoms with Crippen molar-refractivity contribution in [3.05, 3.63) is 33.9 Å². The number of rotatable bonds is 4. The van der Waals surface area contributed by atoms with Gasteiger partial charge < -0.3 is 10.6 Å². The number of nitro benzene ring substituents is 1. The van der Waals surface area contributed by atoms with E-state index in [1.54, 1.807) is 4.90 Å². The largest absolute Gasteiger partial charge is 0.336 e. The summed E-state index contributed by atoms with van der Waals surface area (Å²) >= 11 is 0. The quantitative estimate of drug-likeness (QED) is 0.638. The maximum Gasteiger partial charge on any atom is 0.271 e. The van der Waals surface area contributed by atoms with Gasteiger partial charge in [-0.2, -0.15) is 0 Å². The summed E-state index contributed by atoms with van der Waals surface area (Å²) < 4.78 is 23.4. The standard InChI is InChI=1S/C14H19N3O5S/c1-9-3-10(7-15)8-16(9)14(18)11-4-12(17(19)20)6-13(5-11)23(2,21)22/h4-6,9-10H,3,7-8,15H2,1-2H3. The van der Waals surface area contributed by atoms with E-state index in [0.717, 1.165) is 24.8 Å². The van der Waals surface area contributed by atoms with Gasteiger partial charge in [-0.1, -0.05) is 0 Å². The van der Waals surface area contributed by atoms with Crippen LogP contribution in [0.4, 0.5) is 5.69 Å². The zero-order valence-corrected chi connectivity index (χ0v) is 13.7. The zero-order chi connectivity index (χ0) is 17.4. The molecule has 23 heavy (non-hydrogen) atoms. The number of benzene rings is 1. The zero-order valence-electron chi connectivity index (χ0n) is 12.9. The Morgan fingerprint density at radius 3 is 2.57 bits per heavy atom.